The van der Waals surface area contributed by atoms with Crippen LogP contribution in [0.4, 0.5) is 0 Å². The van der Waals surface area contributed by atoms with Gasteiger partial charge in [0.25, 0.3) is 0 Å². The molecule has 0 saturated heterocycles. The first-order valence-electron chi connectivity index (χ1n) is 12.2. The highest BCUT2D eigenvalue weighted by Crippen LogP contribution is 2.68. The monoisotopic (exact) mass is 400 g/mol. The third-order valence-corrected chi connectivity index (χ3v) is 10.4. The van der Waals surface area contributed by atoms with Crippen molar-refractivity contribution in [3.8, 4) is 0 Å². The summed E-state index contributed by atoms with van der Waals surface area (Å²) in [6.07, 6.45) is 14.5. The molecule has 162 valence electrons. The number of rotatable bonds is 4. The van der Waals surface area contributed by atoms with Gasteiger partial charge in [-0.25, -0.2) is 9.59 Å². The maximum atomic E-state index is 11.9. The number of methoxy groups -OCH3 is 1. The molecule has 1 unspecified atom stereocenters. The van der Waals surface area contributed by atoms with E-state index in [2.05, 4.69) is 20.8 Å². The number of ether oxygens (including phenoxy) is 1. The molecule has 4 aliphatic rings. The lowest BCUT2D eigenvalue weighted by molar-refractivity contribution is -0.136. The highest BCUT2D eigenvalue weighted by Gasteiger charge is 2.60. The molecule has 8 atom stereocenters. The molecule has 0 aromatic heterocycles. The summed E-state index contributed by atoms with van der Waals surface area (Å²) >= 11 is 0. The third kappa shape index (κ3) is 3.32. The van der Waals surface area contributed by atoms with Crippen molar-refractivity contribution in [3.05, 3.63) is 5.57 Å². The summed E-state index contributed by atoms with van der Waals surface area (Å²) in [6.45, 7) is 7.42. The first-order chi connectivity index (χ1) is 13.8. The fraction of sp³-hybridized carbons (Fsp3) is 0.885. The Morgan fingerprint density at radius 3 is 2.48 bits per heavy atom. The van der Waals surface area contributed by atoms with Gasteiger partial charge in [0.2, 0.25) is 0 Å². The molecule has 0 spiro atoms. The Labute approximate surface area is 177 Å². The van der Waals surface area contributed by atoms with E-state index in [1.165, 1.54) is 71.3 Å². The Morgan fingerprint density at radius 2 is 1.76 bits per heavy atom. The summed E-state index contributed by atoms with van der Waals surface area (Å²) in [5.74, 6) is 5.91. The fourth-order valence-corrected chi connectivity index (χ4v) is 9.02. The zero-order valence-corrected chi connectivity index (χ0v) is 19.0. The molecule has 3 nitrogen and oxygen atoms in total. The Hall–Kier alpha value is -1.08. The van der Waals surface area contributed by atoms with Crippen LogP contribution in [0.3, 0.4) is 0 Å². The lowest BCUT2D eigenvalue weighted by atomic mass is 9.44. The number of carbonyl (C=O) groups is 1. The molecule has 4 rings (SSSR count). The molecule has 3 heteroatoms. The smallest absolute Gasteiger partial charge is 0.344 e. The Morgan fingerprint density at radius 1 is 1.00 bits per heavy atom. The molecule has 0 aromatic carbocycles. The number of hydrogen-bond donors (Lipinski definition) is 0. The van der Waals surface area contributed by atoms with Crippen LogP contribution in [0.15, 0.2) is 5.57 Å². The maximum Gasteiger partial charge on any atom is 0.344 e. The van der Waals surface area contributed by atoms with Crippen LogP contribution < -0.4 is 0 Å². The second-order valence-electron chi connectivity index (χ2n) is 11.4. The molecular formula is C26H40O3. The summed E-state index contributed by atoms with van der Waals surface area (Å²) in [5, 5.41) is 0. The van der Waals surface area contributed by atoms with Crippen molar-refractivity contribution in [2.75, 3.05) is 7.11 Å². The molecular weight excluding hydrogens is 360 g/mol. The van der Waals surface area contributed by atoms with Gasteiger partial charge in [-0.05, 0) is 104 Å². The predicted octanol–water partition coefficient (Wildman–Crippen LogP) is 5.99. The van der Waals surface area contributed by atoms with Crippen LogP contribution in [0.1, 0.15) is 91.4 Å². The van der Waals surface area contributed by atoms with E-state index in [1.54, 1.807) is 0 Å². The van der Waals surface area contributed by atoms with Gasteiger partial charge in [0, 0.05) is 0 Å². The van der Waals surface area contributed by atoms with Gasteiger partial charge in [0.05, 0.1) is 7.11 Å². The Kier molecular flexibility index (Phi) is 5.75. The zero-order valence-electron chi connectivity index (χ0n) is 19.0. The number of fused-ring (bicyclic) bond motifs is 5. The minimum atomic E-state index is -0.501. The summed E-state index contributed by atoms with van der Waals surface area (Å²) < 4.78 is 4.79. The van der Waals surface area contributed by atoms with Gasteiger partial charge in [0.15, 0.2) is 0 Å². The average molecular weight is 401 g/mol. The van der Waals surface area contributed by atoms with Gasteiger partial charge in [-0.1, -0.05) is 33.6 Å². The van der Waals surface area contributed by atoms with Gasteiger partial charge in [-0.2, -0.15) is 0 Å². The first-order valence-corrected chi connectivity index (χ1v) is 12.2. The normalized spacial score (nSPS) is 44.6. The summed E-state index contributed by atoms with van der Waals surface area (Å²) in [7, 11) is 1.35. The highest BCUT2D eigenvalue weighted by atomic mass is 16.5. The van der Waals surface area contributed by atoms with Crippen molar-refractivity contribution in [2.24, 2.45) is 46.3 Å². The summed E-state index contributed by atoms with van der Waals surface area (Å²) in [6, 6.07) is 0. The van der Waals surface area contributed by atoms with E-state index in [-0.39, 0.29) is 5.57 Å². The van der Waals surface area contributed by atoms with E-state index in [0.717, 1.165) is 23.7 Å². The second-order valence-corrected chi connectivity index (χ2v) is 11.4. The maximum absolute atomic E-state index is 11.9. The summed E-state index contributed by atoms with van der Waals surface area (Å²) in [4.78, 5) is 23.2. The molecule has 0 amide bonds. The molecule has 0 bridgehead atoms. The van der Waals surface area contributed by atoms with Crippen molar-refractivity contribution in [3.63, 3.8) is 0 Å². The zero-order chi connectivity index (χ0) is 20.8. The molecule has 0 aliphatic heterocycles. The van der Waals surface area contributed by atoms with Gasteiger partial charge in [0.1, 0.15) is 11.5 Å². The van der Waals surface area contributed by atoms with Gasteiger partial charge >= 0.3 is 5.97 Å². The van der Waals surface area contributed by atoms with Crippen molar-refractivity contribution >= 4 is 11.9 Å². The van der Waals surface area contributed by atoms with Crippen molar-refractivity contribution in [1.29, 1.82) is 0 Å². The van der Waals surface area contributed by atoms with Crippen LogP contribution in [-0.2, 0) is 14.3 Å². The van der Waals surface area contributed by atoms with Gasteiger partial charge in [-0.3, -0.25) is 0 Å². The van der Waals surface area contributed by atoms with E-state index in [9.17, 15) is 9.59 Å². The van der Waals surface area contributed by atoms with Crippen LogP contribution in [-0.4, -0.2) is 19.0 Å². The van der Waals surface area contributed by atoms with Crippen LogP contribution in [0, 0.1) is 46.3 Å². The quantitative estimate of drug-likeness (QED) is 0.330. The third-order valence-electron chi connectivity index (χ3n) is 10.4. The highest BCUT2D eigenvalue weighted by molar-refractivity contribution is 5.96. The Balaban J connectivity index is 1.52. The molecule has 0 aromatic rings. The first kappa shape index (κ1) is 21.2. The molecule has 4 saturated carbocycles. The van der Waals surface area contributed by atoms with Crippen molar-refractivity contribution in [1.82, 2.24) is 0 Å². The van der Waals surface area contributed by atoms with E-state index in [0.29, 0.717) is 29.1 Å². The number of carbonyl (C=O) groups excluding carboxylic acids is 2. The minimum Gasteiger partial charge on any atom is -0.465 e. The number of hydrogen-bond acceptors (Lipinski definition) is 3. The average Bonchev–Trinajstić information content (AvgIpc) is 3.08. The van der Waals surface area contributed by atoms with Gasteiger partial charge in [-0.15, -0.1) is 0 Å². The SMILES string of the molecule is COC(=O)C(=C=O)C[C@@H](C)[C@H]1CC[C@H]2[C@@H]3CCC4CCCC[C@]4(C)[C@H]3CC[C@]12C. The van der Waals surface area contributed by atoms with Crippen LogP contribution in [0.5, 0.6) is 0 Å². The molecule has 0 heterocycles. The van der Waals surface area contributed by atoms with Gasteiger partial charge < -0.3 is 4.74 Å². The van der Waals surface area contributed by atoms with Crippen LogP contribution >= 0.6 is 0 Å². The van der Waals surface area contributed by atoms with Crippen molar-refractivity contribution < 1.29 is 14.3 Å². The van der Waals surface area contributed by atoms with Crippen molar-refractivity contribution in [2.45, 2.75) is 91.4 Å². The lowest BCUT2D eigenvalue weighted by Gasteiger charge is -2.61. The predicted molar refractivity (Wildman–Crippen MR) is 115 cm³/mol. The van der Waals surface area contributed by atoms with E-state index in [4.69, 9.17) is 4.74 Å². The Bertz CT molecular complexity index is 692. The van der Waals surface area contributed by atoms with Crippen LogP contribution in [0.25, 0.3) is 0 Å². The second kappa shape index (κ2) is 7.88. The van der Waals surface area contributed by atoms with E-state index < -0.39 is 5.97 Å². The van der Waals surface area contributed by atoms with Crippen LogP contribution in [0.2, 0.25) is 0 Å². The molecule has 0 radical (unpaired) electrons. The largest absolute Gasteiger partial charge is 0.465 e. The standard InChI is InChI=1S/C26H40O3/c1-17(15-18(16-27)24(28)29-4)21-10-11-22-20-9-8-19-7-5-6-13-25(19,2)23(20)12-14-26(21,22)3/h17,19-23H,5-15H2,1-4H3/t17-,19?,20+,21-,22+,23+,25+,26-/m1/s1. The molecule has 29 heavy (non-hydrogen) atoms. The molecule has 0 N–H and O–H groups in total. The summed E-state index contributed by atoms with van der Waals surface area (Å²) in [5.41, 5.74) is 1.14. The van der Waals surface area contributed by atoms with E-state index >= 15 is 0 Å². The molecule has 4 aliphatic carbocycles. The molecule has 4 fully saturated rings. The fourth-order valence-electron chi connectivity index (χ4n) is 9.02. The topological polar surface area (TPSA) is 43.4 Å². The van der Waals surface area contributed by atoms with E-state index in [1.807, 2.05) is 5.94 Å². The minimum absolute atomic E-state index is 0.191. The number of esters is 1. The lowest BCUT2D eigenvalue weighted by Crippen LogP contribution is -2.53.